The van der Waals surface area contributed by atoms with E-state index in [4.69, 9.17) is 11.4 Å². The number of amides is 1. The summed E-state index contributed by atoms with van der Waals surface area (Å²) in [4.78, 5) is 19.8. The van der Waals surface area contributed by atoms with E-state index in [1.807, 2.05) is 0 Å². The molecule has 4 heteroatoms. The Balaban J connectivity index is 3.07. The van der Waals surface area contributed by atoms with Crippen LogP contribution in [0, 0.1) is 13.5 Å². The van der Waals surface area contributed by atoms with E-state index in [0.717, 1.165) is 10.6 Å². The van der Waals surface area contributed by atoms with Gasteiger partial charge in [-0.1, -0.05) is 18.2 Å². The maximum atomic E-state index is 11.7. The molecular formula is C11H12N2O2. The van der Waals surface area contributed by atoms with Crippen molar-refractivity contribution in [3.63, 3.8) is 0 Å². The molecule has 78 valence electrons. The molecule has 0 aromatic heterocycles. The highest BCUT2D eigenvalue weighted by Crippen LogP contribution is 2.18. The van der Waals surface area contributed by atoms with E-state index in [1.54, 1.807) is 32.2 Å². The molecule has 1 rings (SSSR count). The third-order valence-electron chi connectivity index (χ3n) is 2.13. The van der Waals surface area contributed by atoms with E-state index >= 15 is 0 Å². The van der Waals surface area contributed by atoms with Crippen LogP contribution in [-0.2, 0) is 4.84 Å². The maximum Gasteiger partial charge on any atom is 0.277 e. The molecule has 1 aromatic carbocycles. The third-order valence-corrected chi connectivity index (χ3v) is 2.13. The molecule has 0 aliphatic heterocycles. The molecule has 1 amide bonds. The fourth-order valence-electron chi connectivity index (χ4n) is 1.21. The zero-order chi connectivity index (χ0) is 11.4. The Morgan fingerprint density at radius 2 is 2.20 bits per heavy atom. The van der Waals surface area contributed by atoms with Crippen molar-refractivity contribution in [1.29, 1.82) is 0 Å². The number of hydroxylamine groups is 2. The number of aryl methyl sites for hydroxylation is 1. The summed E-state index contributed by atoms with van der Waals surface area (Å²) in [5.74, 6) is -0.216. The van der Waals surface area contributed by atoms with E-state index in [9.17, 15) is 4.79 Å². The summed E-state index contributed by atoms with van der Waals surface area (Å²) >= 11 is 0. The Kier molecular flexibility index (Phi) is 3.42. The Bertz CT molecular complexity index is 421. The molecule has 0 radical (unpaired) electrons. The molecule has 0 unspecified atom stereocenters. The zero-order valence-electron chi connectivity index (χ0n) is 8.94. The van der Waals surface area contributed by atoms with Gasteiger partial charge in [0.25, 0.3) is 5.91 Å². The van der Waals surface area contributed by atoms with Crippen molar-refractivity contribution >= 4 is 11.6 Å². The first-order chi connectivity index (χ1) is 7.10. The van der Waals surface area contributed by atoms with Crippen LogP contribution >= 0.6 is 0 Å². The number of carbonyl (C=O) groups excluding carboxylic acids is 1. The van der Waals surface area contributed by atoms with Gasteiger partial charge in [-0.3, -0.25) is 9.63 Å². The molecule has 1 aromatic rings. The molecule has 15 heavy (non-hydrogen) atoms. The summed E-state index contributed by atoms with van der Waals surface area (Å²) in [7, 11) is 2.98. The second-order valence-electron chi connectivity index (χ2n) is 3.10. The lowest BCUT2D eigenvalue weighted by Gasteiger charge is -2.15. The average Bonchev–Trinajstić information content (AvgIpc) is 2.26. The van der Waals surface area contributed by atoms with Crippen LogP contribution in [0.2, 0.25) is 0 Å². The zero-order valence-corrected chi connectivity index (χ0v) is 8.94. The van der Waals surface area contributed by atoms with Gasteiger partial charge in [-0.2, -0.15) is 0 Å². The minimum Gasteiger partial charge on any atom is -0.274 e. The summed E-state index contributed by atoms with van der Waals surface area (Å²) in [6.45, 7) is 8.64. The highest BCUT2D eigenvalue weighted by atomic mass is 16.7. The lowest BCUT2D eigenvalue weighted by Crippen LogP contribution is -2.25. The molecule has 4 nitrogen and oxygen atoms in total. The smallest absolute Gasteiger partial charge is 0.274 e. The lowest BCUT2D eigenvalue weighted by molar-refractivity contribution is -0.0757. The first-order valence-corrected chi connectivity index (χ1v) is 4.40. The van der Waals surface area contributed by atoms with Crippen molar-refractivity contribution in [2.45, 2.75) is 6.92 Å². The van der Waals surface area contributed by atoms with Gasteiger partial charge in [0.05, 0.1) is 13.7 Å². The number of rotatable bonds is 2. The van der Waals surface area contributed by atoms with E-state index in [2.05, 4.69) is 4.85 Å². The number of benzene rings is 1. The van der Waals surface area contributed by atoms with Crippen molar-refractivity contribution < 1.29 is 9.63 Å². The van der Waals surface area contributed by atoms with E-state index < -0.39 is 0 Å². The second kappa shape index (κ2) is 4.58. The Morgan fingerprint density at radius 3 is 2.67 bits per heavy atom. The third kappa shape index (κ3) is 2.33. The molecule has 0 heterocycles. The number of hydrogen-bond acceptors (Lipinski definition) is 2. The highest BCUT2D eigenvalue weighted by Gasteiger charge is 2.13. The van der Waals surface area contributed by atoms with Gasteiger partial charge in [0.2, 0.25) is 0 Å². The van der Waals surface area contributed by atoms with Crippen LogP contribution < -0.4 is 0 Å². The van der Waals surface area contributed by atoms with Crippen molar-refractivity contribution in [3.8, 4) is 0 Å². The van der Waals surface area contributed by atoms with Gasteiger partial charge in [-0.05, 0) is 12.5 Å². The van der Waals surface area contributed by atoms with Crippen LogP contribution in [-0.4, -0.2) is 25.1 Å². The SMILES string of the molecule is [C-]#[N+]c1ccc(C(=O)N(C)OC)c(C)c1. The normalized spacial score (nSPS) is 9.47. The van der Waals surface area contributed by atoms with E-state index in [0.29, 0.717) is 11.3 Å². The Hall–Kier alpha value is -1.86. The largest absolute Gasteiger partial charge is 0.277 e. The Labute approximate surface area is 88.8 Å². The fourth-order valence-corrected chi connectivity index (χ4v) is 1.21. The topological polar surface area (TPSA) is 33.9 Å². The molecule has 0 aliphatic carbocycles. The summed E-state index contributed by atoms with van der Waals surface area (Å²) in [5.41, 5.74) is 1.85. The van der Waals surface area contributed by atoms with Gasteiger partial charge in [0.15, 0.2) is 5.69 Å². The van der Waals surface area contributed by atoms with Gasteiger partial charge in [0, 0.05) is 12.6 Å². The minimum atomic E-state index is -0.216. The minimum absolute atomic E-state index is 0.216. The van der Waals surface area contributed by atoms with Crippen molar-refractivity contribution in [2.24, 2.45) is 0 Å². The maximum absolute atomic E-state index is 11.7. The summed E-state index contributed by atoms with van der Waals surface area (Å²) in [6, 6.07) is 4.95. The predicted molar refractivity (Wildman–Crippen MR) is 56.5 cm³/mol. The van der Waals surface area contributed by atoms with Gasteiger partial charge in [-0.25, -0.2) is 9.91 Å². The molecule has 0 saturated carbocycles. The molecule has 0 saturated heterocycles. The van der Waals surface area contributed by atoms with E-state index in [-0.39, 0.29) is 5.91 Å². The van der Waals surface area contributed by atoms with E-state index in [1.165, 1.54) is 7.11 Å². The van der Waals surface area contributed by atoms with Crippen molar-refractivity contribution in [1.82, 2.24) is 5.06 Å². The second-order valence-corrected chi connectivity index (χ2v) is 3.10. The summed E-state index contributed by atoms with van der Waals surface area (Å²) < 4.78 is 0. The first kappa shape index (κ1) is 11.2. The van der Waals surface area contributed by atoms with Gasteiger partial charge in [-0.15, -0.1) is 0 Å². The molecule has 0 atom stereocenters. The lowest BCUT2D eigenvalue weighted by atomic mass is 10.1. The van der Waals surface area contributed by atoms with Gasteiger partial charge in [0.1, 0.15) is 0 Å². The molecule has 0 aliphatic rings. The predicted octanol–water partition coefficient (Wildman–Crippen LogP) is 2.18. The molecule has 0 N–H and O–H groups in total. The monoisotopic (exact) mass is 204 g/mol. The quantitative estimate of drug-likeness (QED) is 0.546. The Morgan fingerprint density at radius 1 is 1.53 bits per heavy atom. The van der Waals surface area contributed by atoms with Gasteiger partial charge < -0.3 is 0 Å². The molecule has 0 bridgehead atoms. The highest BCUT2D eigenvalue weighted by molar-refractivity contribution is 5.95. The van der Waals surface area contributed by atoms with Crippen LogP contribution in [0.25, 0.3) is 4.85 Å². The fraction of sp³-hybridized carbons (Fsp3) is 0.273. The number of hydrogen-bond donors (Lipinski definition) is 0. The van der Waals surface area contributed by atoms with Crippen molar-refractivity contribution in [3.05, 3.63) is 40.7 Å². The number of nitrogens with zero attached hydrogens (tertiary/aromatic N) is 2. The van der Waals surface area contributed by atoms with Gasteiger partial charge >= 0.3 is 0 Å². The summed E-state index contributed by atoms with van der Waals surface area (Å²) in [6.07, 6.45) is 0. The van der Waals surface area contributed by atoms with Crippen LogP contribution in [0.3, 0.4) is 0 Å². The first-order valence-electron chi connectivity index (χ1n) is 4.40. The average molecular weight is 204 g/mol. The standard InChI is InChI=1S/C11H12N2O2/c1-8-7-9(12-2)5-6-10(8)11(14)13(3)15-4/h5-7H,1,3-4H3. The van der Waals surface area contributed by atoms with Crippen molar-refractivity contribution in [2.75, 3.05) is 14.2 Å². The van der Waals surface area contributed by atoms with Crippen LogP contribution in [0.1, 0.15) is 15.9 Å². The van der Waals surface area contributed by atoms with Crippen LogP contribution in [0.4, 0.5) is 5.69 Å². The van der Waals surface area contributed by atoms with Crippen LogP contribution in [0.15, 0.2) is 18.2 Å². The molecular weight excluding hydrogens is 192 g/mol. The molecule has 0 spiro atoms. The summed E-state index contributed by atoms with van der Waals surface area (Å²) in [5, 5.41) is 1.15. The molecule has 0 fully saturated rings. The number of carbonyl (C=O) groups is 1. The van der Waals surface area contributed by atoms with Crippen LogP contribution in [0.5, 0.6) is 0 Å².